The van der Waals surface area contributed by atoms with Crippen molar-refractivity contribution in [3.05, 3.63) is 46.4 Å². The first-order valence-electron chi connectivity index (χ1n) is 5.10. The van der Waals surface area contributed by atoms with Crippen molar-refractivity contribution in [3.8, 4) is 0 Å². The lowest BCUT2D eigenvalue weighted by Gasteiger charge is -2.09. The Balaban J connectivity index is 2.18. The number of rotatable bonds is 1. The van der Waals surface area contributed by atoms with E-state index in [9.17, 15) is 5.11 Å². The molecule has 2 heteroatoms. The van der Waals surface area contributed by atoms with Crippen LogP contribution in [-0.4, -0.2) is 5.11 Å². The minimum absolute atomic E-state index is 0.527. The first kappa shape index (κ1) is 9.37. The van der Waals surface area contributed by atoms with Gasteiger partial charge in [0.1, 0.15) is 0 Å². The Hall–Kier alpha value is -0.860. The molecule has 15 heavy (non-hydrogen) atoms. The van der Waals surface area contributed by atoms with Gasteiger partial charge in [-0.1, -0.05) is 34.1 Å². The molecule has 0 spiro atoms. The molecule has 0 aliphatic heterocycles. The highest BCUT2D eigenvalue weighted by molar-refractivity contribution is 9.10. The second kappa shape index (κ2) is 3.06. The average Bonchev–Trinajstić information content (AvgIpc) is 2.97. The Labute approximate surface area is 96.9 Å². The number of benzene rings is 2. The third-order valence-electron chi connectivity index (χ3n) is 3.06. The third kappa shape index (κ3) is 1.58. The minimum atomic E-state index is -0.527. The fourth-order valence-corrected chi connectivity index (χ4v) is 2.29. The van der Waals surface area contributed by atoms with Crippen molar-refractivity contribution in [2.24, 2.45) is 0 Å². The SMILES string of the molecule is OC1(c2ccc3cc(Br)ccc3c2)CC1. The van der Waals surface area contributed by atoms with E-state index in [-0.39, 0.29) is 0 Å². The lowest BCUT2D eigenvalue weighted by Crippen LogP contribution is -2.03. The summed E-state index contributed by atoms with van der Waals surface area (Å²) in [6, 6.07) is 12.4. The van der Waals surface area contributed by atoms with Gasteiger partial charge in [-0.25, -0.2) is 0 Å². The van der Waals surface area contributed by atoms with Crippen LogP contribution in [0.5, 0.6) is 0 Å². The molecule has 1 fully saturated rings. The van der Waals surface area contributed by atoms with Crippen molar-refractivity contribution < 1.29 is 5.11 Å². The van der Waals surface area contributed by atoms with Gasteiger partial charge in [0, 0.05) is 4.47 Å². The van der Waals surface area contributed by atoms with Crippen LogP contribution >= 0.6 is 15.9 Å². The molecule has 0 radical (unpaired) electrons. The molecule has 76 valence electrons. The summed E-state index contributed by atoms with van der Waals surface area (Å²) in [5.74, 6) is 0. The molecule has 2 aromatic rings. The lowest BCUT2D eigenvalue weighted by molar-refractivity contribution is 0.151. The monoisotopic (exact) mass is 262 g/mol. The predicted octanol–water partition coefficient (Wildman–Crippen LogP) is 3.58. The average molecular weight is 263 g/mol. The lowest BCUT2D eigenvalue weighted by atomic mass is 10.0. The van der Waals surface area contributed by atoms with Crippen molar-refractivity contribution in [2.45, 2.75) is 18.4 Å². The van der Waals surface area contributed by atoms with Gasteiger partial charge in [0.2, 0.25) is 0 Å². The van der Waals surface area contributed by atoms with E-state index in [0.29, 0.717) is 0 Å². The van der Waals surface area contributed by atoms with Gasteiger partial charge in [0.05, 0.1) is 5.60 Å². The zero-order valence-corrected chi connectivity index (χ0v) is 9.79. The molecule has 2 aromatic carbocycles. The van der Waals surface area contributed by atoms with E-state index in [0.717, 1.165) is 22.9 Å². The maximum atomic E-state index is 10.0. The van der Waals surface area contributed by atoms with Crippen molar-refractivity contribution in [1.82, 2.24) is 0 Å². The summed E-state index contributed by atoms with van der Waals surface area (Å²) in [6.07, 6.45) is 1.80. The van der Waals surface area contributed by atoms with Crippen LogP contribution in [0.1, 0.15) is 18.4 Å². The van der Waals surface area contributed by atoms with Crippen LogP contribution in [0.3, 0.4) is 0 Å². The van der Waals surface area contributed by atoms with E-state index in [1.807, 2.05) is 12.1 Å². The molecule has 0 atom stereocenters. The summed E-state index contributed by atoms with van der Waals surface area (Å²) in [4.78, 5) is 0. The summed E-state index contributed by atoms with van der Waals surface area (Å²) in [6.45, 7) is 0. The summed E-state index contributed by atoms with van der Waals surface area (Å²) in [5, 5.41) is 12.4. The Kier molecular flexibility index (Phi) is 1.91. The number of hydrogen-bond donors (Lipinski definition) is 1. The molecule has 3 rings (SSSR count). The topological polar surface area (TPSA) is 20.2 Å². The third-order valence-corrected chi connectivity index (χ3v) is 3.56. The van der Waals surface area contributed by atoms with Crippen molar-refractivity contribution in [1.29, 1.82) is 0 Å². The van der Waals surface area contributed by atoms with Crippen LogP contribution in [0, 0.1) is 0 Å². The van der Waals surface area contributed by atoms with Gasteiger partial charge in [-0.2, -0.15) is 0 Å². The van der Waals surface area contributed by atoms with Gasteiger partial charge in [-0.15, -0.1) is 0 Å². The van der Waals surface area contributed by atoms with Crippen molar-refractivity contribution in [3.63, 3.8) is 0 Å². The molecular formula is C13H11BrO. The van der Waals surface area contributed by atoms with E-state index in [2.05, 4.69) is 40.2 Å². The zero-order chi connectivity index (χ0) is 10.5. The quantitative estimate of drug-likeness (QED) is 0.833. The molecule has 1 nitrogen and oxygen atoms in total. The van der Waals surface area contributed by atoms with Crippen LogP contribution in [0.25, 0.3) is 10.8 Å². The fraction of sp³-hybridized carbons (Fsp3) is 0.231. The molecule has 1 aliphatic carbocycles. The van der Waals surface area contributed by atoms with Crippen LogP contribution in [0.2, 0.25) is 0 Å². The highest BCUT2D eigenvalue weighted by atomic mass is 79.9. The molecule has 0 aromatic heterocycles. The standard InChI is InChI=1S/C13H11BrO/c14-12-4-2-9-7-11(13(15)5-6-13)3-1-10(9)8-12/h1-4,7-8,15H,5-6H2. The fourth-order valence-electron chi connectivity index (χ4n) is 1.91. The summed E-state index contributed by atoms with van der Waals surface area (Å²) in [7, 11) is 0. The van der Waals surface area contributed by atoms with Gasteiger partial charge in [0.15, 0.2) is 0 Å². The summed E-state index contributed by atoms with van der Waals surface area (Å²) in [5.41, 5.74) is 0.527. The molecule has 1 aliphatic rings. The maximum absolute atomic E-state index is 10.0. The number of fused-ring (bicyclic) bond motifs is 1. The van der Waals surface area contributed by atoms with Crippen molar-refractivity contribution in [2.75, 3.05) is 0 Å². The zero-order valence-electron chi connectivity index (χ0n) is 8.20. The second-order valence-corrected chi connectivity index (χ2v) is 5.15. The molecular weight excluding hydrogens is 252 g/mol. The molecule has 1 N–H and O–H groups in total. The summed E-state index contributed by atoms with van der Waals surface area (Å²) < 4.78 is 1.09. The molecule has 1 saturated carbocycles. The van der Waals surface area contributed by atoms with Gasteiger partial charge in [-0.05, 0) is 47.4 Å². The molecule has 0 heterocycles. The van der Waals surface area contributed by atoms with E-state index in [1.54, 1.807) is 0 Å². The second-order valence-electron chi connectivity index (χ2n) is 4.24. The van der Waals surface area contributed by atoms with Crippen LogP contribution < -0.4 is 0 Å². The van der Waals surface area contributed by atoms with Crippen molar-refractivity contribution >= 4 is 26.7 Å². The molecule has 0 bridgehead atoms. The summed E-state index contributed by atoms with van der Waals surface area (Å²) >= 11 is 3.45. The van der Waals surface area contributed by atoms with E-state index >= 15 is 0 Å². The first-order chi connectivity index (χ1) is 7.17. The largest absolute Gasteiger partial charge is 0.385 e. The Morgan fingerprint density at radius 2 is 1.67 bits per heavy atom. The van der Waals surface area contributed by atoms with Gasteiger partial charge in [-0.3, -0.25) is 0 Å². The highest BCUT2D eigenvalue weighted by Crippen LogP contribution is 2.45. The normalized spacial score (nSPS) is 18.0. The van der Waals surface area contributed by atoms with Gasteiger partial charge >= 0.3 is 0 Å². The van der Waals surface area contributed by atoms with Gasteiger partial charge in [0.25, 0.3) is 0 Å². The van der Waals surface area contributed by atoms with E-state index in [4.69, 9.17) is 0 Å². The molecule has 0 saturated heterocycles. The minimum Gasteiger partial charge on any atom is -0.385 e. The predicted molar refractivity (Wildman–Crippen MR) is 64.8 cm³/mol. The van der Waals surface area contributed by atoms with E-state index in [1.165, 1.54) is 10.8 Å². The number of hydrogen-bond acceptors (Lipinski definition) is 1. The highest BCUT2D eigenvalue weighted by Gasteiger charge is 2.41. The number of halogens is 1. The van der Waals surface area contributed by atoms with Crippen LogP contribution in [-0.2, 0) is 5.60 Å². The van der Waals surface area contributed by atoms with E-state index < -0.39 is 5.60 Å². The molecule has 0 amide bonds. The number of aliphatic hydroxyl groups is 1. The van der Waals surface area contributed by atoms with Crippen LogP contribution in [0.4, 0.5) is 0 Å². The Bertz CT molecular complexity index is 529. The van der Waals surface area contributed by atoms with Gasteiger partial charge < -0.3 is 5.11 Å². The Morgan fingerprint density at radius 1 is 1.00 bits per heavy atom. The molecule has 0 unspecified atom stereocenters. The Morgan fingerprint density at radius 3 is 2.40 bits per heavy atom. The smallest absolute Gasteiger partial charge is 0.0899 e. The maximum Gasteiger partial charge on any atom is 0.0899 e. The van der Waals surface area contributed by atoms with Crippen LogP contribution in [0.15, 0.2) is 40.9 Å². The first-order valence-corrected chi connectivity index (χ1v) is 5.89.